The molecule has 0 saturated carbocycles. The molecule has 1 N–H and O–H groups in total. The van der Waals surface area contributed by atoms with Crippen LogP contribution in [0.4, 0.5) is 5.69 Å². The summed E-state index contributed by atoms with van der Waals surface area (Å²) in [5.74, 6) is 0.998. The molecule has 1 heterocycles. The fraction of sp³-hybridized carbons (Fsp3) is 0.222. The van der Waals surface area contributed by atoms with Crippen molar-refractivity contribution in [2.45, 2.75) is 6.04 Å². The van der Waals surface area contributed by atoms with Crippen molar-refractivity contribution < 1.29 is 19.0 Å². The van der Waals surface area contributed by atoms with Crippen LogP contribution >= 0.6 is 0 Å². The van der Waals surface area contributed by atoms with Crippen molar-refractivity contribution in [3.63, 3.8) is 0 Å². The summed E-state index contributed by atoms with van der Waals surface area (Å²) >= 11 is 0. The lowest BCUT2D eigenvalue weighted by Gasteiger charge is -2.18. The van der Waals surface area contributed by atoms with Gasteiger partial charge in [0.25, 0.3) is 5.91 Å². The third-order valence-corrected chi connectivity index (χ3v) is 3.93. The van der Waals surface area contributed by atoms with Crippen molar-refractivity contribution in [3.05, 3.63) is 54.4 Å². The fourth-order valence-electron chi connectivity index (χ4n) is 2.71. The predicted octanol–water partition coefficient (Wildman–Crippen LogP) is 1.93. The first-order chi connectivity index (χ1) is 13.2. The molecule has 1 aromatic heterocycles. The molecule has 0 radical (unpaired) electrons. The number of anilines is 1. The number of amides is 1. The summed E-state index contributed by atoms with van der Waals surface area (Å²) in [4.78, 5) is 13.0. The Morgan fingerprint density at radius 1 is 1.04 bits per heavy atom. The molecule has 140 valence electrons. The molecule has 0 fully saturated rings. The van der Waals surface area contributed by atoms with Gasteiger partial charge >= 0.3 is 0 Å². The summed E-state index contributed by atoms with van der Waals surface area (Å²) in [5, 5.41) is 14.0. The van der Waals surface area contributed by atoms with Crippen LogP contribution in [-0.2, 0) is 4.79 Å². The van der Waals surface area contributed by atoms with Gasteiger partial charge in [0.1, 0.15) is 6.33 Å². The Balaban J connectivity index is 1.95. The van der Waals surface area contributed by atoms with Gasteiger partial charge in [-0.15, -0.1) is 5.10 Å². The van der Waals surface area contributed by atoms with Crippen molar-refractivity contribution in [1.29, 1.82) is 0 Å². The molecule has 0 bridgehead atoms. The van der Waals surface area contributed by atoms with Crippen LogP contribution in [0.5, 0.6) is 17.2 Å². The Bertz CT molecular complexity index is 874. The van der Waals surface area contributed by atoms with E-state index in [0.29, 0.717) is 22.9 Å². The Hall–Kier alpha value is -3.62. The van der Waals surface area contributed by atoms with E-state index in [1.807, 2.05) is 30.3 Å². The highest BCUT2D eigenvalue weighted by Gasteiger charge is 2.25. The second kappa shape index (κ2) is 8.17. The van der Waals surface area contributed by atoms with Gasteiger partial charge in [-0.3, -0.25) is 4.79 Å². The molecule has 0 spiro atoms. The summed E-state index contributed by atoms with van der Waals surface area (Å²) in [5.41, 5.74) is 1.23. The standard InChI is InChI=1S/C18H19N5O4/c1-25-14-9-13(10-15(26-2)17(14)27-3)20-18(24)16(23-11-19-21-22-23)12-7-5-4-6-8-12/h4-11,16H,1-3H3,(H,20,24)/t16-/m1/s1. The first-order valence-electron chi connectivity index (χ1n) is 8.06. The van der Waals surface area contributed by atoms with E-state index in [4.69, 9.17) is 14.2 Å². The van der Waals surface area contributed by atoms with Gasteiger partial charge in [-0.25, -0.2) is 4.68 Å². The molecule has 9 heteroatoms. The van der Waals surface area contributed by atoms with Gasteiger partial charge in [-0.2, -0.15) is 0 Å². The van der Waals surface area contributed by atoms with Crippen LogP contribution in [0.15, 0.2) is 48.8 Å². The summed E-state index contributed by atoms with van der Waals surface area (Å²) in [6.45, 7) is 0. The normalized spacial score (nSPS) is 11.5. The zero-order valence-corrected chi connectivity index (χ0v) is 15.1. The largest absolute Gasteiger partial charge is 0.493 e. The van der Waals surface area contributed by atoms with E-state index in [2.05, 4.69) is 20.8 Å². The number of rotatable bonds is 7. The molecule has 1 atom stereocenters. The first-order valence-corrected chi connectivity index (χ1v) is 8.06. The Morgan fingerprint density at radius 3 is 2.22 bits per heavy atom. The van der Waals surface area contributed by atoms with E-state index in [-0.39, 0.29) is 5.91 Å². The number of nitrogens with zero attached hydrogens (tertiary/aromatic N) is 4. The van der Waals surface area contributed by atoms with Crippen LogP contribution in [0.25, 0.3) is 0 Å². The number of ether oxygens (including phenoxy) is 3. The van der Waals surface area contributed by atoms with Crippen molar-refractivity contribution in [2.24, 2.45) is 0 Å². The number of aromatic nitrogens is 4. The number of tetrazole rings is 1. The van der Waals surface area contributed by atoms with Crippen molar-refractivity contribution in [2.75, 3.05) is 26.6 Å². The van der Waals surface area contributed by atoms with Gasteiger partial charge in [0.2, 0.25) is 5.75 Å². The number of carbonyl (C=O) groups is 1. The molecule has 0 saturated heterocycles. The lowest BCUT2D eigenvalue weighted by atomic mass is 10.1. The molecule has 3 aromatic rings. The van der Waals surface area contributed by atoms with E-state index in [1.54, 1.807) is 12.1 Å². The number of hydrogen-bond acceptors (Lipinski definition) is 7. The number of nitrogens with one attached hydrogen (secondary N) is 1. The molecule has 3 rings (SSSR count). The van der Waals surface area contributed by atoms with Crippen LogP contribution in [0.2, 0.25) is 0 Å². The number of benzene rings is 2. The smallest absolute Gasteiger partial charge is 0.253 e. The zero-order valence-electron chi connectivity index (χ0n) is 15.1. The summed E-state index contributed by atoms with van der Waals surface area (Å²) in [6, 6.07) is 11.8. The SMILES string of the molecule is COc1cc(NC(=O)[C@@H](c2ccccc2)n2cnnn2)cc(OC)c1OC. The van der Waals surface area contributed by atoms with Crippen molar-refractivity contribution in [3.8, 4) is 17.2 Å². The van der Waals surface area contributed by atoms with Crippen LogP contribution < -0.4 is 19.5 Å². The lowest BCUT2D eigenvalue weighted by molar-refractivity contribution is -0.118. The number of hydrogen-bond donors (Lipinski definition) is 1. The molecule has 0 unspecified atom stereocenters. The molecule has 0 aliphatic heterocycles. The summed E-state index contributed by atoms with van der Waals surface area (Å²) in [6.07, 6.45) is 1.40. The minimum atomic E-state index is -0.736. The van der Waals surface area contributed by atoms with Crippen molar-refractivity contribution in [1.82, 2.24) is 20.2 Å². The van der Waals surface area contributed by atoms with Gasteiger partial charge in [-0.05, 0) is 16.0 Å². The topological polar surface area (TPSA) is 100 Å². The van der Waals surface area contributed by atoms with E-state index in [0.717, 1.165) is 5.56 Å². The molecule has 0 aliphatic rings. The van der Waals surface area contributed by atoms with Gasteiger partial charge in [0.05, 0.1) is 21.3 Å². The minimum absolute atomic E-state index is 0.317. The van der Waals surface area contributed by atoms with E-state index in [9.17, 15) is 4.79 Å². The molecule has 0 aliphatic carbocycles. The van der Waals surface area contributed by atoms with Gasteiger partial charge < -0.3 is 19.5 Å². The van der Waals surface area contributed by atoms with Crippen LogP contribution in [0.3, 0.4) is 0 Å². The summed E-state index contributed by atoms with van der Waals surface area (Å²) in [7, 11) is 4.54. The molecule has 9 nitrogen and oxygen atoms in total. The Morgan fingerprint density at radius 2 is 1.70 bits per heavy atom. The van der Waals surface area contributed by atoms with E-state index in [1.165, 1.54) is 32.3 Å². The zero-order chi connectivity index (χ0) is 19.2. The van der Waals surface area contributed by atoms with Gasteiger partial charge in [0, 0.05) is 17.8 Å². The number of carbonyl (C=O) groups excluding carboxylic acids is 1. The lowest BCUT2D eigenvalue weighted by Crippen LogP contribution is -2.27. The maximum atomic E-state index is 13.0. The maximum Gasteiger partial charge on any atom is 0.253 e. The Kier molecular flexibility index (Phi) is 5.50. The molecule has 27 heavy (non-hydrogen) atoms. The monoisotopic (exact) mass is 369 g/mol. The quantitative estimate of drug-likeness (QED) is 0.679. The average molecular weight is 369 g/mol. The molecular formula is C18H19N5O4. The minimum Gasteiger partial charge on any atom is -0.493 e. The second-order valence-electron chi connectivity index (χ2n) is 5.51. The predicted molar refractivity (Wildman–Crippen MR) is 97.1 cm³/mol. The second-order valence-corrected chi connectivity index (χ2v) is 5.51. The van der Waals surface area contributed by atoms with Crippen LogP contribution in [0, 0.1) is 0 Å². The first kappa shape index (κ1) is 18.2. The number of methoxy groups -OCH3 is 3. The average Bonchev–Trinajstić information content (AvgIpc) is 3.22. The van der Waals surface area contributed by atoms with E-state index >= 15 is 0 Å². The summed E-state index contributed by atoms with van der Waals surface area (Å²) < 4.78 is 17.3. The van der Waals surface area contributed by atoms with Gasteiger partial charge in [0.15, 0.2) is 17.5 Å². The third kappa shape index (κ3) is 3.81. The van der Waals surface area contributed by atoms with Gasteiger partial charge in [-0.1, -0.05) is 30.3 Å². The molecule has 2 aromatic carbocycles. The molecular weight excluding hydrogens is 350 g/mol. The maximum absolute atomic E-state index is 13.0. The highest BCUT2D eigenvalue weighted by Crippen LogP contribution is 2.40. The van der Waals surface area contributed by atoms with Crippen LogP contribution in [0.1, 0.15) is 11.6 Å². The van der Waals surface area contributed by atoms with Crippen LogP contribution in [-0.4, -0.2) is 47.4 Å². The van der Waals surface area contributed by atoms with E-state index < -0.39 is 6.04 Å². The fourth-order valence-corrected chi connectivity index (χ4v) is 2.71. The highest BCUT2D eigenvalue weighted by molar-refractivity contribution is 5.96. The van der Waals surface area contributed by atoms with Crippen molar-refractivity contribution >= 4 is 11.6 Å². The third-order valence-electron chi connectivity index (χ3n) is 3.93. The highest BCUT2D eigenvalue weighted by atomic mass is 16.5. The molecule has 1 amide bonds. The Labute approximate surface area is 155 Å².